The van der Waals surface area contributed by atoms with E-state index in [9.17, 15) is 17.6 Å². The Hall–Kier alpha value is -1.47. The van der Waals surface area contributed by atoms with Gasteiger partial charge in [0.2, 0.25) is 5.91 Å². The second kappa shape index (κ2) is 8.72. The second-order valence-electron chi connectivity index (χ2n) is 8.90. The average molecular weight is 423 g/mol. The highest BCUT2D eigenvalue weighted by molar-refractivity contribution is 7.91. The van der Waals surface area contributed by atoms with E-state index in [1.807, 2.05) is 11.0 Å². The minimum atomic E-state index is -3.03. The summed E-state index contributed by atoms with van der Waals surface area (Å²) < 4.78 is 37.6. The molecule has 0 unspecified atom stereocenters. The van der Waals surface area contributed by atoms with Crippen LogP contribution < -0.4 is 0 Å². The first-order chi connectivity index (χ1) is 13.9. The average Bonchev–Trinajstić information content (AvgIpc) is 3.39. The molecule has 2 aliphatic heterocycles. The van der Waals surface area contributed by atoms with E-state index in [2.05, 4.69) is 4.90 Å². The predicted octanol–water partition coefficient (Wildman–Crippen LogP) is 2.79. The molecule has 1 aromatic carbocycles. The van der Waals surface area contributed by atoms with E-state index < -0.39 is 9.84 Å². The number of halogens is 1. The maximum atomic E-state index is 13.5. The molecular weight excluding hydrogens is 391 g/mol. The second-order valence-corrected chi connectivity index (χ2v) is 11.1. The lowest BCUT2D eigenvalue weighted by molar-refractivity contribution is -0.137. The molecule has 4 rings (SSSR count). The van der Waals surface area contributed by atoms with Crippen LogP contribution >= 0.6 is 0 Å². The topological polar surface area (TPSA) is 57.7 Å². The molecule has 0 radical (unpaired) electrons. The fourth-order valence-corrected chi connectivity index (χ4v) is 7.12. The van der Waals surface area contributed by atoms with Crippen molar-refractivity contribution in [2.45, 2.75) is 69.5 Å². The van der Waals surface area contributed by atoms with E-state index >= 15 is 0 Å². The molecule has 7 heteroatoms. The van der Waals surface area contributed by atoms with E-state index in [0.717, 1.165) is 57.1 Å². The minimum Gasteiger partial charge on any atom is -0.335 e. The molecule has 3 fully saturated rings. The third kappa shape index (κ3) is 5.00. The summed E-state index contributed by atoms with van der Waals surface area (Å²) in [5.74, 6) is 0.158. The highest BCUT2D eigenvalue weighted by Gasteiger charge is 2.40. The van der Waals surface area contributed by atoms with Gasteiger partial charge in [0.1, 0.15) is 5.82 Å². The maximum absolute atomic E-state index is 13.5. The molecule has 2 heterocycles. The number of carbonyl (C=O) groups excluding carboxylic acids is 1. The van der Waals surface area contributed by atoms with E-state index in [0.29, 0.717) is 13.0 Å². The van der Waals surface area contributed by atoms with Crippen molar-refractivity contribution in [3.8, 4) is 0 Å². The summed E-state index contributed by atoms with van der Waals surface area (Å²) in [6, 6.07) is 6.96. The first-order valence-corrected chi connectivity index (χ1v) is 12.7. The Bertz CT molecular complexity index is 838. The Morgan fingerprint density at radius 2 is 1.90 bits per heavy atom. The molecule has 1 amide bonds. The van der Waals surface area contributed by atoms with Crippen LogP contribution in [0.2, 0.25) is 0 Å². The van der Waals surface area contributed by atoms with Crippen molar-refractivity contribution in [3.63, 3.8) is 0 Å². The zero-order chi connectivity index (χ0) is 20.4. The van der Waals surface area contributed by atoms with Gasteiger partial charge in [0.25, 0.3) is 0 Å². The zero-order valence-corrected chi connectivity index (χ0v) is 17.7. The summed E-state index contributed by atoms with van der Waals surface area (Å²) in [4.78, 5) is 17.5. The third-order valence-corrected chi connectivity index (χ3v) is 8.56. The van der Waals surface area contributed by atoms with Crippen molar-refractivity contribution in [1.82, 2.24) is 9.80 Å². The van der Waals surface area contributed by atoms with Gasteiger partial charge in [-0.2, -0.15) is 0 Å². The molecule has 29 heavy (non-hydrogen) atoms. The molecule has 0 bridgehead atoms. The van der Waals surface area contributed by atoms with Gasteiger partial charge in [0.05, 0.1) is 18.1 Å². The van der Waals surface area contributed by atoms with Crippen molar-refractivity contribution >= 4 is 15.7 Å². The monoisotopic (exact) mass is 422 g/mol. The first-order valence-electron chi connectivity index (χ1n) is 10.9. The van der Waals surface area contributed by atoms with Crippen LogP contribution in [0.4, 0.5) is 4.39 Å². The minimum absolute atomic E-state index is 0.0742. The van der Waals surface area contributed by atoms with E-state index in [1.165, 1.54) is 6.07 Å². The van der Waals surface area contributed by atoms with E-state index in [-0.39, 0.29) is 41.4 Å². The number of hydrogen-bond acceptors (Lipinski definition) is 4. The van der Waals surface area contributed by atoms with Crippen molar-refractivity contribution in [3.05, 3.63) is 35.6 Å². The summed E-state index contributed by atoms with van der Waals surface area (Å²) >= 11 is 0. The van der Waals surface area contributed by atoms with Crippen LogP contribution in [0.15, 0.2) is 24.3 Å². The number of benzene rings is 1. The number of rotatable bonds is 6. The van der Waals surface area contributed by atoms with Crippen LogP contribution in [0.3, 0.4) is 0 Å². The summed E-state index contributed by atoms with van der Waals surface area (Å²) in [7, 11) is -3.03. The van der Waals surface area contributed by atoms with Crippen LogP contribution in [0.5, 0.6) is 0 Å². The molecule has 0 spiro atoms. The van der Waals surface area contributed by atoms with Gasteiger partial charge in [-0.25, -0.2) is 12.8 Å². The van der Waals surface area contributed by atoms with Crippen LogP contribution in [0.1, 0.15) is 50.5 Å². The van der Waals surface area contributed by atoms with Gasteiger partial charge in [0.15, 0.2) is 9.84 Å². The molecule has 2 atom stereocenters. The Balaban J connectivity index is 1.44. The van der Waals surface area contributed by atoms with Crippen LogP contribution in [0, 0.1) is 5.82 Å². The highest BCUT2D eigenvalue weighted by Crippen LogP contribution is 2.30. The number of nitrogens with zero attached hydrogens (tertiary/aromatic N) is 2. The van der Waals surface area contributed by atoms with Gasteiger partial charge >= 0.3 is 0 Å². The molecule has 1 aromatic rings. The van der Waals surface area contributed by atoms with Gasteiger partial charge in [-0.3, -0.25) is 9.69 Å². The van der Waals surface area contributed by atoms with E-state index in [1.54, 1.807) is 12.1 Å². The largest absolute Gasteiger partial charge is 0.335 e. The summed E-state index contributed by atoms with van der Waals surface area (Å²) in [5.41, 5.74) is 0.962. The number of sulfone groups is 1. The zero-order valence-electron chi connectivity index (χ0n) is 16.9. The number of hydrogen-bond donors (Lipinski definition) is 0. The summed E-state index contributed by atoms with van der Waals surface area (Å²) in [6.07, 6.45) is 7.53. The Morgan fingerprint density at radius 3 is 2.59 bits per heavy atom. The van der Waals surface area contributed by atoms with Crippen LogP contribution in [-0.4, -0.2) is 66.8 Å². The first kappa shape index (κ1) is 20.8. The Morgan fingerprint density at radius 1 is 1.10 bits per heavy atom. The SMILES string of the molecule is O=C(CN1CCC[C@@H]1Cc1cccc(F)c1)N(C1CCCC1)[C@H]1CCS(=O)(=O)C1. The molecule has 3 aliphatic rings. The quantitative estimate of drug-likeness (QED) is 0.707. The lowest BCUT2D eigenvalue weighted by Crippen LogP contribution is -2.51. The lowest BCUT2D eigenvalue weighted by Gasteiger charge is -2.36. The van der Waals surface area contributed by atoms with Gasteiger partial charge in [-0.1, -0.05) is 25.0 Å². The van der Waals surface area contributed by atoms with E-state index in [4.69, 9.17) is 0 Å². The highest BCUT2D eigenvalue weighted by atomic mass is 32.2. The van der Waals surface area contributed by atoms with Gasteiger partial charge in [-0.15, -0.1) is 0 Å². The van der Waals surface area contributed by atoms with Gasteiger partial charge in [-0.05, 0) is 62.8 Å². The summed E-state index contributed by atoms with van der Waals surface area (Å²) in [6.45, 7) is 1.21. The fraction of sp³-hybridized carbons (Fsp3) is 0.682. The van der Waals surface area contributed by atoms with Crippen molar-refractivity contribution < 1.29 is 17.6 Å². The van der Waals surface area contributed by atoms with Gasteiger partial charge < -0.3 is 4.90 Å². The van der Waals surface area contributed by atoms with Crippen molar-refractivity contribution in [2.75, 3.05) is 24.6 Å². The van der Waals surface area contributed by atoms with Crippen molar-refractivity contribution in [2.24, 2.45) is 0 Å². The molecular formula is C22H31FN2O3S. The maximum Gasteiger partial charge on any atom is 0.237 e. The molecule has 0 N–H and O–H groups in total. The standard InChI is InChI=1S/C22H31FN2O3S/c23-18-6-3-5-17(13-18)14-20-9-4-11-24(20)15-22(26)25(19-7-1-2-8-19)21-10-12-29(27,28)16-21/h3,5-6,13,19-21H,1-2,4,7-12,14-16H2/t20-,21+/m1/s1. The Kier molecular flexibility index (Phi) is 6.25. The molecule has 0 aromatic heterocycles. The molecule has 1 saturated carbocycles. The van der Waals surface area contributed by atoms with Crippen molar-refractivity contribution in [1.29, 1.82) is 0 Å². The number of likely N-dealkylation sites (tertiary alicyclic amines) is 1. The smallest absolute Gasteiger partial charge is 0.237 e. The normalized spacial score (nSPS) is 27.5. The van der Waals surface area contributed by atoms with Crippen LogP contribution in [-0.2, 0) is 21.1 Å². The number of carbonyl (C=O) groups is 1. The Labute approximate surface area is 173 Å². The number of amides is 1. The predicted molar refractivity (Wildman–Crippen MR) is 111 cm³/mol. The molecule has 5 nitrogen and oxygen atoms in total. The fourth-order valence-electron chi connectivity index (χ4n) is 5.41. The molecule has 2 saturated heterocycles. The lowest BCUT2D eigenvalue weighted by atomic mass is 10.0. The molecule has 160 valence electrons. The van der Waals surface area contributed by atoms with Crippen LogP contribution in [0.25, 0.3) is 0 Å². The van der Waals surface area contributed by atoms with Gasteiger partial charge in [0, 0.05) is 18.1 Å². The summed E-state index contributed by atoms with van der Waals surface area (Å²) in [5, 5.41) is 0. The molecule has 1 aliphatic carbocycles. The third-order valence-electron chi connectivity index (χ3n) is 6.81.